The van der Waals surface area contributed by atoms with Gasteiger partial charge in [-0.25, -0.2) is 9.18 Å². The van der Waals surface area contributed by atoms with E-state index < -0.39 is 18.4 Å². The maximum atomic E-state index is 14.1. The van der Waals surface area contributed by atoms with E-state index in [9.17, 15) is 9.18 Å². The Hall–Kier alpha value is -3.54. The standard InChI is InChI=1S/C26H27FO5/c1-4-10-30-22-11-17(2)26(18(3)12-22)20-7-5-6-19(13-20)15-31-21-8-9-24(23(27)14-21)32-16-25(28)29/h5-9,11-14H,4,10,15-16H2,1-3H3,(H,28,29). The average molecular weight is 438 g/mol. The number of ether oxygens (including phenoxy) is 3. The minimum atomic E-state index is -1.17. The molecule has 32 heavy (non-hydrogen) atoms. The van der Waals surface area contributed by atoms with Gasteiger partial charge in [0.25, 0.3) is 0 Å². The monoisotopic (exact) mass is 438 g/mol. The minimum absolute atomic E-state index is 0.126. The van der Waals surface area contributed by atoms with Gasteiger partial charge < -0.3 is 19.3 Å². The van der Waals surface area contributed by atoms with Gasteiger partial charge in [-0.15, -0.1) is 0 Å². The van der Waals surface area contributed by atoms with E-state index in [1.54, 1.807) is 6.07 Å². The molecule has 0 fully saturated rings. The Kier molecular flexibility index (Phi) is 7.71. The second-order valence-corrected chi connectivity index (χ2v) is 7.54. The van der Waals surface area contributed by atoms with Crippen molar-refractivity contribution >= 4 is 5.97 Å². The molecular formula is C26H27FO5. The van der Waals surface area contributed by atoms with E-state index in [0.717, 1.165) is 40.0 Å². The molecule has 0 aliphatic carbocycles. The van der Waals surface area contributed by atoms with Crippen molar-refractivity contribution in [1.29, 1.82) is 0 Å². The highest BCUT2D eigenvalue weighted by Crippen LogP contribution is 2.32. The zero-order chi connectivity index (χ0) is 23.1. The first-order valence-electron chi connectivity index (χ1n) is 10.5. The number of hydrogen-bond acceptors (Lipinski definition) is 4. The van der Waals surface area contributed by atoms with Crippen molar-refractivity contribution in [3.8, 4) is 28.4 Å². The van der Waals surface area contributed by atoms with E-state index >= 15 is 0 Å². The molecule has 0 bridgehead atoms. The van der Waals surface area contributed by atoms with E-state index in [2.05, 4.69) is 45.0 Å². The Morgan fingerprint density at radius 1 is 0.938 bits per heavy atom. The third kappa shape index (κ3) is 6.00. The van der Waals surface area contributed by atoms with Gasteiger partial charge in [-0.05, 0) is 78.4 Å². The average Bonchev–Trinajstić information content (AvgIpc) is 2.75. The van der Waals surface area contributed by atoms with E-state index in [4.69, 9.17) is 19.3 Å². The first kappa shape index (κ1) is 23.1. The first-order valence-corrected chi connectivity index (χ1v) is 10.5. The molecule has 0 radical (unpaired) electrons. The molecule has 0 amide bonds. The van der Waals surface area contributed by atoms with Gasteiger partial charge in [0, 0.05) is 6.07 Å². The molecule has 0 aliphatic heterocycles. The molecule has 0 spiro atoms. The second kappa shape index (κ2) is 10.7. The van der Waals surface area contributed by atoms with Crippen LogP contribution in [0, 0.1) is 19.7 Å². The molecule has 0 unspecified atom stereocenters. The van der Waals surface area contributed by atoms with Crippen LogP contribution in [0.5, 0.6) is 17.2 Å². The Labute approximate surface area is 187 Å². The van der Waals surface area contributed by atoms with Crippen molar-refractivity contribution in [2.75, 3.05) is 13.2 Å². The molecular weight excluding hydrogens is 411 g/mol. The van der Waals surface area contributed by atoms with E-state index in [1.807, 2.05) is 12.1 Å². The Balaban J connectivity index is 1.72. The molecule has 0 atom stereocenters. The summed E-state index contributed by atoms with van der Waals surface area (Å²) in [6, 6.07) is 16.2. The van der Waals surface area contributed by atoms with Gasteiger partial charge in [0.1, 0.15) is 18.1 Å². The fourth-order valence-corrected chi connectivity index (χ4v) is 3.49. The maximum absolute atomic E-state index is 14.1. The Bertz CT molecular complexity index is 1070. The summed E-state index contributed by atoms with van der Waals surface area (Å²) in [7, 11) is 0. The lowest BCUT2D eigenvalue weighted by Gasteiger charge is -2.15. The molecule has 0 heterocycles. The maximum Gasteiger partial charge on any atom is 0.341 e. The first-order chi connectivity index (χ1) is 15.4. The van der Waals surface area contributed by atoms with Crippen LogP contribution in [0.1, 0.15) is 30.0 Å². The van der Waals surface area contributed by atoms with Crippen LogP contribution in [-0.4, -0.2) is 24.3 Å². The topological polar surface area (TPSA) is 65.0 Å². The summed E-state index contributed by atoms with van der Waals surface area (Å²) in [5.74, 6) is -0.755. The number of halogens is 1. The van der Waals surface area contributed by atoms with E-state index in [0.29, 0.717) is 12.4 Å². The normalized spacial score (nSPS) is 10.6. The molecule has 0 aromatic heterocycles. The van der Waals surface area contributed by atoms with Crippen molar-refractivity contribution in [3.05, 3.63) is 77.1 Å². The van der Waals surface area contributed by atoms with Gasteiger partial charge in [0.2, 0.25) is 0 Å². The third-order valence-electron chi connectivity index (χ3n) is 4.85. The summed E-state index contributed by atoms with van der Waals surface area (Å²) in [5, 5.41) is 8.64. The van der Waals surface area contributed by atoms with Crippen molar-refractivity contribution in [2.45, 2.75) is 33.8 Å². The highest BCUT2D eigenvalue weighted by Gasteiger charge is 2.11. The lowest BCUT2D eigenvalue weighted by atomic mass is 9.94. The lowest BCUT2D eigenvalue weighted by molar-refractivity contribution is -0.139. The van der Waals surface area contributed by atoms with Crippen LogP contribution in [0.3, 0.4) is 0 Å². The largest absolute Gasteiger partial charge is 0.494 e. The molecule has 3 aromatic rings. The minimum Gasteiger partial charge on any atom is -0.494 e. The number of aryl methyl sites for hydroxylation is 2. The molecule has 1 N–H and O–H groups in total. The summed E-state index contributed by atoms with van der Waals surface area (Å²) < 4.78 is 30.5. The summed E-state index contributed by atoms with van der Waals surface area (Å²) in [4.78, 5) is 10.6. The van der Waals surface area contributed by atoms with Crippen LogP contribution in [0.25, 0.3) is 11.1 Å². The van der Waals surface area contributed by atoms with Crippen LogP contribution in [0.15, 0.2) is 54.6 Å². The number of carboxylic acid groups (broad SMARTS) is 1. The van der Waals surface area contributed by atoms with Gasteiger partial charge in [0.15, 0.2) is 18.2 Å². The summed E-state index contributed by atoms with van der Waals surface area (Å²) in [5.41, 5.74) is 5.44. The second-order valence-electron chi connectivity index (χ2n) is 7.54. The van der Waals surface area contributed by atoms with E-state index in [-0.39, 0.29) is 12.4 Å². The fraction of sp³-hybridized carbons (Fsp3) is 0.269. The zero-order valence-corrected chi connectivity index (χ0v) is 18.5. The van der Waals surface area contributed by atoms with Crippen molar-refractivity contribution in [3.63, 3.8) is 0 Å². The van der Waals surface area contributed by atoms with Crippen LogP contribution in [0.4, 0.5) is 4.39 Å². The zero-order valence-electron chi connectivity index (χ0n) is 18.5. The molecule has 0 saturated heterocycles. The van der Waals surface area contributed by atoms with Crippen molar-refractivity contribution in [2.24, 2.45) is 0 Å². The fourth-order valence-electron chi connectivity index (χ4n) is 3.49. The Morgan fingerprint density at radius 3 is 2.34 bits per heavy atom. The molecule has 168 valence electrons. The quantitative estimate of drug-likeness (QED) is 0.424. The van der Waals surface area contributed by atoms with Gasteiger partial charge in [-0.3, -0.25) is 0 Å². The number of benzene rings is 3. The predicted octanol–water partition coefficient (Wildman–Crippen LogP) is 5.94. The Morgan fingerprint density at radius 2 is 1.69 bits per heavy atom. The highest BCUT2D eigenvalue weighted by atomic mass is 19.1. The molecule has 6 heteroatoms. The highest BCUT2D eigenvalue weighted by molar-refractivity contribution is 5.72. The van der Waals surface area contributed by atoms with Crippen LogP contribution < -0.4 is 14.2 Å². The summed E-state index contributed by atoms with van der Waals surface area (Å²) in [6.07, 6.45) is 0.962. The van der Waals surface area contributed by atoms with Crippen molar-refractivity contribution < 1.29 is 28.5 Å². The van der Waals surface area contributed by atoms with Gasteiger partial charge in [-0.2, -0.15) is 0 Å². The number of rotatable bonds is 10. The SMILES string of the molecule is CCCOc1cc(C)c(-c2cccc(COc3ccc(OCC(=O)O)c(F)c3)c2)c(C)c1. The molecule has 3 rings (SSSR count). The summed E-state index contributed by atoms with van der Waals surface area (Å²) in [6.45, 7) is 6.57. The van der Waals surface area contributed by atoms with Gasteiger partial charge in [-0.1, -0.05) is 25.1 Å². The van der Waals surface area contributed by atoms with Gasteiger partial charge in [0.05, 0.1) is 6.61 Å². The number of carbonyl (C=O) groups is 1. The molecule has 5 nitrogen and oxygen atoms in total. The van der Waals surface area contributed by atoms with Crippen molar-refractivity contribution in [1.82, 2.24) is 0 Å². The number of hydrogen-bond donors (Lipinski definition) is 1. The van der Waals surface area contributed by atoms with Crippen LogP contribution in [0.2, 0.25) is 0 Å². The third-order valence-corrected chi connectivity index (χ3v) is 4.85. The van der Waals surface area contributed by atoms with Gasteiger partial charge >= 0.3 is 5.97 Å². The smallest absolute Gasteiger partial charge is 0.341 e. The van der Waals surface area contributed by atoms with Crippen LogP contribution >= 0.6 is 0 Å². The lowest BCUT2D eigenvalue weighted by Crippen LogP contribution is -2.10. The molecule has 3 aromatic carbocycles. The van der Waals surface area contributed by atoms with E-state index in [1.165, 1.54) is 12.1 Å². The molecule has 0 aliphatic rings. The number of aliphatic carboxylic acids is 1. The van der Waals surface area contributed by atoms with Crippen LogP contribution in [-0.2, 0) is 11.4 Å². The summed E-state index contributed by atoms with van der Waals surface area (Å²) >= 11 is 0. The predicted molar refractivity (Wildman–Crippen MR) is 121 cm³/mol. The number of carboxylic acids is 1. The molecule has 0 saturated carbocycles.